The molecule has 0 saturated carbocycles. The molecule has 1 rings (SSSR count). The van der Waals surface area contributed by atoms with Crippen molar-refractivity contribution in [3.8, 4) is 0 Å². The highest BCUT2D eigenvalue weighted by Crippen LogP contribution is 2.22. The number of carbonyl (C=O) groups excluding carboxylic acids is 1. The molecule has 0 aliphatic rings. The van der Waals surface area contributed by atoms with E-state index in [-0.39, 0.29) is 5.91 Å². The first-order chi connectivity index (χ1) is 8.54. The third kappa shape index (κ3) is 4.49. The van der Waals surface area contributed by atoms with Crippen LogP contribution in [0.3, 0.4) is 0 Å². The molecule has 0 saturated heterocycles. The van der Waals surface area contributed by atoms with Gasteiger partial charge in [-0.1, -0.05) is 30.7 Å². The van der Waals surface area contributed by atoms with Gasteiger partial charge < -0.3 is 10.4 Å². The Bertz CT molecular complexity index is 401. The largest absolute Gasteiger partial charge is 0.388 e. The van der Waals surface area contributed by atoms with Crippen LogP contribution in [0.1, 0.15) is 49.0 Å². The number of nitrogens with one attached hydrogen (secondary N) is 1. The summed E-state index contributed by atoms with van der Waals surface area (Å²) in [7, 11) is 0. The summed E-state index contributed by atoms with van der Waals surface area (Å²) in [6.45, 7) is 6.71. The maximum Gasteiger partial charge on any atom is 0.220 e. The number of aliphatic hydroxyl groups is 1. The summed E-state index contributed by atoms with van der Waals surface area (Å²) >= 11 is 0. The summed E-state index contributed by atoms with van der Waals surface area (Å²) in [5.41, 5.74) is 3.13. The molecule has 0 spiro atoms. The average molecular weight is 249 g/mol. The summed E-state index contributed by atoms with van der Waals surface area (Å²) in [6.07, 6.45) is 1.22. The van der Waals surface area contributed by atoms with Gasteiger partial charge in [0.05, 0.1) is 6.10 Å². The van der Waals surface area contributed by atoms with Gasteiger partial charge in [-0.15, -0.1) is 0 Å². The van der Waals surface area contributed by atoms with Crippen molar-refractivity contribution in [3.63, 3.8) is 0 Å². The molecule has 2 N–H and O–H groups in total. The quantitative estimate of drug-likeness (QED) is 0.814. The van der Waals surface area contributed by atoms with Crippen LogP contribution in [0.4, 0.5) is 0 Å². The van der Waals surface area contributed by atoms with Gasteiger partial charge in [0.2, 0.25) is 5.91 Å². The lowest BCUT2D eigenvalue weighted by atomic mass is 9.98. The normalized spacial score (nSPS) is 12.2. The Morgan fingerprint density at radius 1 is 1.39 bits per heavy atom. The number of carbonyl (C=O) groups is 1. The SMILES string of the molecule is CCCNC(=O)CCC(O)c1cc(C)ccc1C. The van der Waals surface area contributed by atoms with E-state index in [4.69, 9.17) is 0 Å². The molecule has 0 aliphatic carbocycles. The summed E-state index contributed by atoms with van der Waals surface area (Å²) in [6, 6.07) is 6.02. The smallest absolute Gasteiger partial charge is 0.220 e. The summed E-state index contributed by atoms with van der Waals surface area (Å²) < 4.78 is 0. The highest BCUT2D eigenvalue weighted by molar-refractivity contribution is 5.75. The summed E-state index contributed by atoms with van der Waals surface area (Å²) in [5.74, 6) is 0.0150. The minimum Gasteiger partial charge on any atom is -0.388 e. The zero-order valence-electron chi connectivity index (χ0n) is 11.5. The van der Waals surface area contributed by atoms with Crippen LogP contribution in [-0.2, 0) is 4.79 Å². The van der Waals surface area contributed by atoms with Crippen molar-refractivity contribution < 1.29 is 9.90 Å². The Balaban J connectivity index is 2.52. The topological polar surface area (TPSA) is 49.3 Å². The van der Waals surface area contributed by atoms with Crippen LogP contribution in [0.25, 0.3) is 0 Å². The number of rotatable bonds is 6. The second-order valence-electron chi connectivity index (χ2n) is 4.76. The van der Waals surface area contributed by atoms with Crippen LogP contribution in [0.5, 0.6) is 0 Å². The second-order valence-corrected chi connectivity index (χ2v) is 4.76. The van der Waals surface area contributed by atoms with Crippen LogP contribution in [0.15, 0.2) is 18.2 Å². The number of aliphatic hydroxyl groups excluding tert-OH is 1. The molecule has 0 bridgehead atoms. The molecule has 3 heteroatoms. The predicted molar refractivity (Wildman–Crippen MR) is 73.4 cm³/mol. The molecule has 1 amide bonds. The molecule has 0 radical (unpaired) electrons. The highest BCUT2D eigenvalue weighted by atomic mass is 16.3. The van der Waals surface area contributed by atoms with E-state index in [1.807, 2.05) is 39.0 Å². The fraction of sp³-hybridized carbons (Fsp3) is 0.533. The molecule has 1 aromatic carbocycles. The second kappa shape index (κ2) is 7.17. The van der Waals surface area contributed by atoms with E-state index >= 15 is 0 Å². The molecule has 18 heavy (non-hydrogen) atoms. The Morgan fingerprint density at radius 2 is 2.11 bits per heavy atom. The van der Waals surface area contributed by atoms with Gasteiger partial charge in [-0.05, 0) is 37.8 Å². The van der Waals surface area contributed by atoms with Crippen molar-refractivity contribution >= 4 is 5.91 Å². The molecule has 0 aromatic heterocycles. The minimum atomic E-state index is -0.558. The van der Waals surface area contributed by atoms with Crippen molar-refractivity contribution in [2.45, 2.75) is 46.1 Å². The van der Waals surface area contributed by atoms with Gasteiger partial charge in [-0.25, -0.2) is 0 Å². The van der Waals surface area contributed by atoms with Crippen molar-refractivity contribution in [1.82, 2.24) is 5.32 Å². The van der Waals surface area contributed by atoms with Gasteiger partial charge in [0, 0.05) is 13.0 Å². The number of hydrogen-bond acceptors (Lipinski definition) is 2. The van der Waals surface area contributed by atoms with Crippen LogP contribution >= 0.6 is 0 Å². The lowest BCUT2D eigenvalue weighted by molar-refractivity contribution is -0.121. The van der Waals surface area contributed by atoms with Crippen molar-refractivity contribution in [3.05, 3.63) is 34.9 Å². The van der Waals surface area contributed by atoms with E-state index in [0.29, 0.717) is 19.4 Å². The van der Waals surface area contributed by atoms with Gasteiger partial charge in [-0.3, -0.25) is 4.79 Å². The zero-order valence-corrected chi connectivity index (χ0v) is 11.5. The third-order valence-electron chi connectivity index (χ3n) is 3.01. The molecule has 0 aliphatic heterocycles. The van der Waals surface area contributed by atoms with E-state index in [2.05, 4.69) is 5.32 Å². The standard InChI is InChI=1S/C15H23NO2/c1-4-9-16-15(18)8-7-14(17)13-10-11(2)5-6-12(13)3/h5-6,10,14,17H,4,7-9H2,1-3H3,(H,16,18). The number of benzene rings is 1. The van der Waals surface area contributed by atoms with Gasteiger partial charge in [0.1, 0.15) is 0 Å². The van der Waals surface area contributed by atoms with Gasteiger partial charge >= 0.3 is 0 Å². The lowest BCUT2D eigenvalue weighted by Gasteiger charge is -2.14. The highest BCUT2D eigenvalue weighted by Gasteiger charge is 2.12. The Hall–Kier alpha value is -1.35. The summed E-state index contributed by atoms with van der Waals surface area (Å²) in [4.78, 5) is 11.5. The fourth-order valence-electron chi connectivity index (χ4n) is 1.90. The van der Waals surface area contributed by atoms with Crippen molar-refractivity contribution in [1.29, 1.82) is 0 Å². The Morgan fingerprint density at radius 3 is 2.78 bits per heavy atom. The molecule has 100 valence electrons. The van der Waals surface area contributed by atoms with E-state index in [1.54, 1.807) is 0 Å². The first kappa shape index (κ1) is 14.7. The van der Waals surface area contributed by atoms with Gasteiger partial charge in [-0.2, -0.15) is 0 Å². The van der Waals surface area contributed by atoms with Gasteiger partial charge in [0.15, 0.2) is 0 Å². The number of amides is 1. The van der Waals surface area contributed by atoms with Crippen molar-refractivity contribution in [2.24, 2.45) is 0 Å². The molecular weight excluding hydrogens is 226 g/mol. The van der Waals surface area contributed by atoms with E-state index in [0.717, 1.165) is 23.1 Å². The number of hydrogen-bond donors (Lipinski definition) is 2. The predicted octanol–water partition coefficient (Wildman–Crippen LogP) is 2.64. The van der Waals surface area contributed by atoms with E-state index in [1.165, 1.54) is 0 Å². The molecule has 3 nitrogen and oxygen atoms in total. The number of aryl methyl sites for hydroxylation is 2. The Labute approximate surface area is 109 Å². The fourth-order valence-corrected chi connectivity index (χ4v) is 1.90. The molecule has 1 aromatic rings. The first-order valence-corrected chi connectivity index (χ1v) is 6.56. The maximum atomic E-state index is 11.5. The van der Waals surface area contributed by atoms with Crippen LogP contribution < -0.4 is 5.32 Å². The molecule has 1 atom stereocenters. The van der Waals surface area contributed by atoms with E-state index in [9.17, 15) is 9.90 Å². The molecule has 0 fully saturated rings. The monoisotopic (exact) mass is 249 g/mol. The summed E-state index contributed by atoms with van der Waals surface area (Å²) in [5, 5.41) is 12.9. The van der Waals surface area contributed by atoms with E-state index < -0.39 is 6.10 Å². The first-order valence-electron chi connectivity index (χ1n) is 6.56. The molecular formula is C15H23NO2. The van der Waals surface area contributed by atoms with Crippen LogP contribution in [-0.4, -0.2) is 17.6 Å². The minimum absolute atomic E-state index is 0.0150. The third-order valence-corrected chi connectivity index (χ3v) is 3.01. The molecule has 0 heterocycles. The van der Waals surface area contributed by atoms with Crippen LogP contribution in [0, 0.1) is 13.8 Å². The average Bonchev–Trinajstić information content (AvgIpc) is 2.36. The Kier molecular flexibility index (Phi) is 5.86. The zero-order chi connectivity index (χ0) is 13.5. The van der Waals surface area contributed by atoms with Crippen LogP contribution in [0.2, 0.25) is 0 Å². The lowest BCUT2D eigenvalue weighted by Crippen LogP contribution is -2.24. The maximum absolute atomic E-state index is 11.5. The van der Waals surface area contributed by atoms with Crippen molar-refractivity contribution in [2.75, 3.05) is 6.54 Å². The molecule has 1 unspecified atom stereocenters. The van der Waals surface area contributed by atoms with Gasteiger partial charge in [0.25, 0.3) is 0 Å².